The van der Waals surface area contributed by atoms with Crippen molar-refractivity contribution in [2.45, 2.75) is 6.42 Å². The summed E-state index contributed by atoms with van der Waals surface area (Å²) in [5.41, 5.74) is 1.63. The molecule has 1 nitrogen and oxygen atoms in total. The fraction of sp³-hybridized carbons (Fsp3) is 0.182. The molecule has 0 aromatic heterocycles. The number of alkyl halides is 1. The second kappa shape index (κ2) is 5.41. The number of benzene rings is 1. The Kier molecular flexibility index (Phi) is 4.09. The molecule has 0 fully saturated rings. The zero-order chi connectivity index (χ0) is 9.52. The van der Waals surface area contributed by atoms with E-state index in [4.69, 9.17) is 5.26 Å². The van der Waals surface area contributed by atoms with Gasteiger partial charge < -0.3 is 0 Å². The first-order valence-electron chi connectivity index (χ1n) is 3.92. The summed E-state index contributed by atoms with van der Waals surface area (Å²) in [6.07, 6.45) is 0.847. The Morgan fingerprint density at radius 1 is 1.15 bits per heavy atom. The first-order chi connectivity index (χ1) is 6.36. The van der Waals surface area contributed by atoms with Crippen LogP contribution in [-0.4, -0.2) is 5.33 Å². The molecular weight excluding hydrogens is 226 g/mol. The Balaban J connectivity index is 2.72. The molecule has 0 aliphatic carbocycles. The number of rotatable bonds is 1. The maximum Gasteiger partial charge on any atom is 0.0991 e. The monoisotopic (exact) mass is 233 g/mol. The van der Waals surface area contributed by atoms with E-state index in [1.807, 2.05) is 12.1 Å². The van der Waals surface area contributed by atoms with Gasteiger partial charge in [-0.3, -0.25) is 0 Å². The standard InChI is InChI=1S/C11H8BrN/c12-8-2-1-3-10-4-6-11(9-13)7-5-10/h4-7H,2,8H2. The Labute approximate surface area is 86.5 Å². The average molecular weight is 234 g/mol. The molecule has 2 heteroatoms. The van der Waals surface area contributed by atoms with E-state index in [9.17, 15) is 0 Å². The van der Waals surface area contributed by atoms with Gasteiger partial charge in [0.1, 0.15) is 0 Å². The van der Waals surface area contributed by atoms with E-state index in [0.29, 0.717) is 5.56 Å². The van der Waals surface area contributed by atoms with Crippen molar-refractivity contribution < 1.29 is 0 Å². The third kappa shape index (κ3) is 3.32. The third-order valence-corrected chi connectivity index (χ3v) is 1.86. The second-order valence-electron chi connectivity index (χ2n) is 2.43. The van der Waals surface area contributed by atoms with Gasteiger partial charge in [0.25, 0.3) is 0 Å². The minimum atomic E-state index is 0.672. The maximum absolute atomic E-state index is 8.55. The zero-order valence-electron chi connectivity index (χ0n) is 7.05. The summed E-state index contributed by atoms with van der Waals surface area (Å²) in [7, 11) is 0. The van der Waals surface area contributed by atoms with Gasteiger partial charge in [0.2, 0.25) is 0 Å². The lowest BCUT2D eigenvalue weighted by molar-refractivity contribution is 1.32. The van der Waals surface area contributed by atoms with Gasteiger partial charge in [-0.25, -0.2) is 0 Å². The predicted molar refractivity (Wildman–Crippen MR) is 56.4 cm³/mol. The van der Waals surface area contributed by atoms with Crippen molar-refractivity contribution in [3.05, 3.63) is 35.4 Å². The lowest BCUT2D eigenvalue weighted by Gasteiger charge is -1.89. The SMILES string of the molecule is N#Cc1ccc(C#CCCBr)cc1. The van der Waals surface area contributed by atoms with E-state index in [1.54, 1.807) is 12.1 Å². The number of nitrogens with zero attached hydrogens (tertiary/aromatic N) is 1. The molecule has 0 aliphatic rings. The second-order valence-corrected chi connectivity index (χ2v) is 3.22. The van der Waals surface area contributed by atoms with Crippen LogP contribution in [0.5, 0.6) is 0 Å². The smallest absolute Gasteiger partial charge is 0.0991 e. The van der Waals surface area contributed by atoms with Crippen LogP contribution < -0.4 is 0 Å². The summed E-state index contributed by atoms with van der Waals surface area (Å²) in [6, 6.07) is 9.34. The van der Waals surface area contributed by atoms with Crippen molar-refractivity contribution in [1.82, 2.24) is 0 Å². The summed E-state index contributed by atoms with van der Waals surface area (Å²) in [5.74, 6) is 6.02. The van der Waals surface area contributed by atoms with Crippen LogP contribution in [0.15, 0.2) is 24.3 Å². The number of nitriles is 1. The molecule has 64 valence electrons. The van der Waals surface area contributed by atoms with E-state index in [-0.39, 0.29) is 0 Å². The first kappa shape index (κ1) is 9.84. The highest BCUT2D eigenvalue weighted by atomic mass is 79.9. The van der Waals surface area contributed by atoms with Gasteiger partial charge >= 0.3 is 0 Å². The van der Waals surface area contributed by atoms with Crippen LogP contribution in [-0.2, 0) is 0 Å². The Morgan fingerprint density at radius 3 is 2.31 bits per heavy atom. The highest BCUT2D eigenvalue weighted by Crippen LogP contribution is 2.01. The van der Waals surface area contributed by atoms with Gasteiger partial charge in [0.05, 0.1) is 11.6 Å². The molecule has 13 heavy (non-hydrogen) atoms. The summed E-state index contributed by atoms with van der Waals surface area (Å²) >= 11 is 3.30. The number of halogens is 1. The van der Waals surface area contributed by atoms with Crippen LogP contribution in [0.4, 0.5) is 0 Å². The summed E-state index contributed by atoms with van der Waals surface area (Å²) in [6.45, 7) is 0. The topological polar surface area (TPSA) is 23.8 Å². The van der Waals surface area contributed by atoms with Gasteiger partial charge in [0.15, 0.2) is 0 Å². The van der Waals surface area contributed by atoms with E-state index >= 15 is 0 Å². The predicted octanol–water partition coefficient (Wildman–Crippen LogP) is 2.69. The Bertz CT molecular complexity index is 362. The first-order valence-corrected chi connectivity index (χ1v) is 5.04. The van der Waals surface area contributed by atoms with E-state index < -0.39 is 0 Å². The maximum atomic E-state index is 8.55. The van der Waals surface area contributed by atoms with Gasteiger partial charge in [-0.1, -0.05) is 27.8 Å². The molecule has 0 aliphatic heterocycles. The van der Waals surface area contributed by atoms with Crippen LogP contribution in [0.2, 0.25) is 0 Å². The molecule has 1 aromatic carbocycles. The molecular formula is C11H8BrN. The molecule has 0 saturated heterocycles. The van der Waals surface area contributed by atoms with Crippen LogP contribution in [0.25, 0.3) is 0 Å². The van der Waals surface area contributed by atoms with Crippen LogP contribution in [0.1, 0.15) is 17.5 Å². The van der Waals surface area contributed by atoms with E-state index in [0.717, 1.165) is 17.3 Å². The van der Waals surface area contributed by atoms with Gasteiger partial charge in [-0.05, 0) is 24.3 Å². The third-order valence-electron chi connectivity index (χ3n) is 1.47. The molecule has 0 saturated carbocycles. The number of hydrogen-bond acceptors (Lipinski definition) is 1. The molecule has 0 N–H and O–H groups in total. The van der Waals surface area contributed by atoms with Crippen molar-refractivity contribution >= 4 is 15.9 Å². The quantitative estimate of drug-likeness (QED) is 0.541. The van der Waals surface area contributed by atoms with Crippen molar-refractivity contribution in [1.29, 1.82) is 5.26 Å². The van der Waals surface area contributed by atoms with Gasteiger partial charge in [-0.2, -0.15) is 5.26 Å². The van der Waals surface area contributed by atoms with Crippen molar-refractivity contribution in [3.8, 4) is 17.9 Å². The van der Waals surface area contributed by atoms with E-state index in [2.05, 4.69) is 33.8 Å². The molecule has 0 radical (unpaired) electrons. The summed E-state index contributed by atoms with van der Waals surface area (Å²) in [4.78, 5) is 0. The summed E-state index contributed by atoms with van der Waals surface area (Å²) in [5, 5.41) is 9.45. The molecule has 0 spiro atoms. The van der Waals surface area contributed by atoms with Crippen molar-refractivity contribution in [2.75, 3.05) is 5.33 Å². The Hall–Kier alpha value is -1.25. The van der Waals surface area contributed by atoms with E-state index in [1.165, 1.54) is 0 Å². The minimum absolute atomic E-state index is 0.672. The number of hydrogen-bond donors (Lipinski definition) is 0. The molecule has 0 heterocycles. The fourth-order valence-electron chi connectivity index (χ4n) is 0.840. The van der Waals surface area contributed by atoms with Gasteiger partial charge in [0, 0.05) is 17.3 Å². The molecule has 0 bridgehead atoms. The Morgan fingerprint density at radius 2 is 1.77 bits per heavy atom. The lowest BCUT2D eigenvalue weighted by atomic mass is 10.1. The molecule has 0 amide bonds. The largest absolute Gasteiger partial charge is 0.192 e. The van der Waals surface area contributed by atoms with Crippen LogP contribution in [0, 0.1) is 23.2 Å². The lowest BCUT2D eigenvalue weighted by Crippen LogP contribution is -1.76. The fourth-order valence-corrected chi connectivity index (χ4v) is 1.04. The highest BCUT2D eigenvalue weighted by Gasteiger charge is 1.88. The van der Waals surface area contributed by atoms with Crippen molar-refractivity contribution in [3.63, 3.8) is 0 Å². The zero-order valence-corrected chi connectivity index (χ0v) is 8.63. The van der Waals surface area contributed by atoms with Crippen LogP contribution >= 0.6 is 15.9 Å². The molecule has 1 rings (SSSR count). The van der Waals surface area contributed by atoms with Gasteiger partial charge in [-0.15, -0.1) is 0 Å². The van der Waals surface area contributed by atoms with Crippen LogP contribution in [0.3, 0.4) is 0 Å². The molecule has 1 aromatic rings. The normalized spacial score (nSPS) is 8.31. The average Bonchev–Trinajstić information content (AvgIpc) is 2.19. The summed E-state index contributed by atoms with van der Waals surface area (Å²) < 4.78 is 0. The highest BCUT2D eigenvalue weighted by molar-refractivity contribution is 9.09. The molecule has 0 atom stereocenters. The van der Waals surface area contributed by atoms with Crippen molar-refractivity contribution in [2.24, 2.45) is 0 Å². The molecule has 0 unspecified atom stereocenters. The minimum Gasteiger partial charge on any atom is -0.192 e.